The molecule has 0 spiro atoms. The highest BCUT2D eigenvalue weighted by Crippen LogP contribution is 2.43. The van der Waals surface area contributed by atoms with Crippen molar-refractivity contribution in [1.29, 1.82) is 0 Å². The number of para-hydroxylation sites is 1. The van der Waals surface area contributed by atoms with Gasteiger partial charge in [-0.05, 0) is 55.2 Å². The van der Waals surface area contributed by atoms with Crippen molar-refractivity contribution >= 4 is 0 Å². The minimum absolute atomic E-state index is 0.563. The van der Waals surface area contributed by atoms with Crippen LogP contribution in [0.25, 0.3) is 0 Å². The van der Waals surface area contributed by atoms with Gasteiger partial charge in [0.15, 0.2) is 0 Å². The predicted molar refractivity (Wildman–Crippen MR) is 88.6 cm³/mol. The van der Waals surface area contributed by atoms with Gasteiger partial charge in [0.25, 0.3) is 0 Å². The summed E-state index contributed by atoms with van der Waals surface area (Å²) < 4.78 is 6.33. The van der Waals surface area contributed by atoms with Crippen molar-refractivity contribution in [3.63, 3.8) is 0 Å². The second-order valence-corrected chi connectivity index (χ2v) is 6.69. The second kappa shape index (κ2) is 5.34. The zero-order valence-electron chi connectivity index (χ0n) is 13.2. The molecule has 1 aromatic carbocycles. The molecule has 0 amide bonds. The van der Waals surface area contributed by atoms with E-state index in [-0.39, 0.29) is 0 Å². The Morgan fingerprint density at radius 3 is 3.00 bits per heavy atom. The van der Waals surface area contributed by atoms with Crippen LogP contribution in [0.5, 0.6) is 5.75 Å². The van der Waals surface area contributed by atoms with E-state index < -0.39 is 0 Å². The van der Waals surface area contributed by atoms with E-state index in [0.717, 1.165) is 36.6 Å². The number of hydrogen-bond donors (Lipinski definition) is 0. The van der Waals surface area contributed by atoms with Crippen LogP contribution < -0.4 is 4.74 Å². The molecule has 2 nitrogen and oxygen atoms in total. The summed E-state index contributed by atoms with van der Waals surface area (Å²) in [5.41, 5.74) is 3.83. The quantitative estimate of drug-likeness (QED) is 0.675. The predicted octanol–water partition coefficient (Wildman–Crippen LogP) is 3.72. The van der Waals surface area contributed by atoms with Crippen molar-refractivity contribution in [2.75, 3.05) is 20.1 Å². The Kier molecular flexibility index (Phi) is 3.32. The summed E-state index contributed by atoms with van der Waals surface area (Å²) in [6.07, 6.45) is 4.03. The van der Waals surface area contributed by atoms with Gasteiger partial charge in [-0.3, -0.25) is 0 Å². The van der Waals surface area contributed by atoms with Gasteiger partial charge in [-0.15, -0.1) is 0 Å². The van der Waals surface area contributed by atoms with E-state index in [1.54, 1.807) is 0 Å². The van der Waals surface area contributed by atoms with Gasteiger partial charge in [0.1, 0.15) is 11.5 Å². The van der Waals surface area contributed by atoms with E-state index in [1.807, 2.05) is 0 Å². The van der Waals surface area contributed by atoms with E-state index in [4.69, 9.17) is 4.74 Å². The maximum absolute atomic E-state index is 6.33. The number of benzene rings is 1. The van der Waals surface area contributed by atoms with Gasteiger partial charge in [0.2, 0.25) is 0 Å². The standard InChI is InChI=1S/C20H21NO/c1-14-6-5-9-19-15(10-14)11-16-12-21(2)13-18(16)17-7-3-4-8-20(17)22-19/h3-4,7-8,10,16,18H,9,11-13H2,1-2H3. The van der Waals surface area contributed by atoms with Crippen LogP contribution >= 0.6 is 0 Å². The number of rotatable bonds is 0. The van der Waals surface area contributed by atoms with Crippen molar-refractivity contribution in [1.82, 2.24) is 4.90 Å². The summed E-state index contributed by atoms with van der Waals surface area (Å²) in [7, 11) is 2.22. The minimum atomic E-state index is 0.563. The van der Waals surface area contributed by atoms with E-state index >= 15 is 0 Å². The van der Waals surface area contributed by atoms with Gasteiger partial charge >= 0.3 is 0 Å². The monoisotopic (exact) mass is 291 g/mol. The highest BCUT2D eigenvalue weighted by Gasteiger charge is 2.36. The van der Waals surface area contributed by atoms with Crippen molar-refractivity contribution in [3.8, 4) is 17.6 Å². The molecule has 4 rings (SSSR count). The SMILES string of the molecule is CC1=CC2=C(CC#C1)Oc1ccccc1C1CN(C)CC1C2. The summed E-state index contributed by atoms with van der Waals surface area (Å²) in [5, 5.41) is 0. The molecule has 2 aliphatic heterocycles. The lowest BCUT2D eigenvalue weighted by Gasteiger charge is -2.26. The van der Waals surface area contributed by atoms with Crippen molar-refractivity contribution in [2.45, 2.75) is 25.7 Å². The van der Waals surface area contributed by atoms with Crippen LogP contribution in [-0.2, 0) is 0 Å². The molecular formula is C20H21NO. The number of nitrogens with zero attached hydrogens (tertiary/aromatic N) is 1. The molecule has 2 atom stereocenters. The van der Waals surface area contributed by atoms with Crippen LogP contribution in [0, 0.1) is 17.8 Å². The van der Waals surface area contributed by atoms with Crippen LogP contribution in [0.1, 0.15) is 31.2 Å². The van der Waals surface area contributed by atoms with Crippen LogP contribution in [0.2, 0.25) is 0 Å². The first-order valence-electron chi connectivity index (χ1n) is 8.05. The molecular weight excluding hydrogens is 270 g/mol. The van der Waals surface area contributed by atoms with Crippen LogP contribution in [0.15, 0.2) is 47.2 Å². The van der Waals surface area contributed by atoms with E-state index in [2.05, 4.69) is 61.1 Å². The summed E-state index contributed by atoms with van der Waals surface area (Å²) in [4.78, 5) is 2.45. The summed E-state index contributed by atoms with van der Waals surface area (Å²) >= 11 is 0. The molecule has 0 bridgehead atoms. The Labute approximate surface area is 132 Å². The van der Waals surface area contributed by atoms with Gasteiger partial charge in [-0.2, -0.15) is 0 Å². The summed E-state index contributed by atoms with van der Waals surface area (Å²) in [6.45, 7) is 4.37. The first kappa shape index (κ1) is 13.7. The van der Waals surface area contributed by atoms with Crippen LogP contribution in [-0.4, -0.2) is 25.0 Å². The van der Waals surface area contributed by atoms with Gasteiger partial charge in [0, 0.05) is 19.0 Å². The van der Waals surface area contributed by atoms with Gasteiger partial charge in [0.05, 0.1) is 6.42 Å². The number of hydrogen-bond acceptors (Lipinski definition) is 2. The Balaban J connectivity index is 1.83. The molecule has 112 valence electrons. The molecule has 1 fully saturated rings. The Bertz CT molecular complexity index is 732. The van der Waals surface area contributed by atoms with Crippen molar-refractivity contribution in [2.24, 2.45) is 5.92 Å². The van der Waals surface area contributed by atoms with Crippen molar-refractivity contribution < 1.29 is 4.74 Å². The van der Waals surface area contributed by atoms with Crippen molar-refractivity contribution in [3.05, 3.63) is 52.8 Å². The fraction of sp³-hybridized carbons (Fsp3) is 0.400. The van der Waals surface area contributed by atoms with Crippen LogP contribution in [0.3, 0.4) is 0 Å². The Hall–Kier alpha value is -1.98. The minimum Gasteiger partial charge on any atom is -0.460 e. The molecule has 1 aliphatic carbocycles. The second-order valence-electron chi connectivity index (χ2n) is 6.69. The molecule has 3 aliphatic rings. The smallest absolute Gasteiger partial charge is 0.130 e. The Morgan fingerprint density at radius 2 is 2.09 bits per heavy atom. The van der Waals surface area contributed by atoms with Gasteiger partial charge in [-0.1, -0.05) is 30.0 Å². The average molecular weight is 291 g/mol. The normalized spacial score (nSPS) is 27.1. The molecule has 0 N–H and O–H groups in total. The summed E-state index contributed by atoms with van der Waals surface area (Å²) in [6, 6.07) is 8.54. The first-order chi connectivity index (χ1) is 10.7. The molecule has 1 saturated heterocycles. The van der Waals surface area contributed by atoms with E-state index in [0.29, 0.717) is 18.3 Å². The maximum atomic E-state index is 6.33. The third-order valence-electron chi connectivity index (χ3n) is 4.94. The lowest BCUT2D eigenvalue weighted by Crippen LogP contribution is -2.17. The lowest BCUT2D eigenvalue weighted by molar-refractivity contribution is 0.374. The average Bonchev–Trinajstić information content (AvgIpc) is 2.75. The first-order valence-corrected chi connectivity index (χ1v) is 8.05. The molecule has 22 heavy (non-hydrogen) atoms. The number of likely N-dealkylation sites (N-methyl/N-ethyl adjacent to an activating group) is 1. The summed E-state index contributed by atoms with van der Waals surface area (Å²) in [5.74, 6) is 9.73. The third-order valence-corrected chi connectivity index (χ3v) is 4.94. The fourth-order valence-corrected chi connectivity index (χ4v) is 3.97. The molecule has 0 saturated carbocycles. The zero-order chi connectivity index (χ0) is 15.1. The lowest BCUT2D eigenvalue weighted by atomic mass is 9.83. The number of fused-ring (bicyclic) bond motifs is 3. The molecule has 2 heteroatoms. The Morgan fingerprint density at radius 1 is 1.23 bits per heavy atom. The largest absolute Gasteiger partial charge is 0.460 e. The number of ether oxygens (including phenoxy) is 1. The molecule has 1 aromatic rings. The number of likely N-dealkylation sites (tertiary alicyclic amines) is 1. The maximum Gasteiger partial charge on any atom is 0.130 e. The molecule has 2 heterocycles. The molecule has 2 unspecified atom stereocenters. The van der Waals surface area contributed by atoms with Gasteiger partial charge in [-0.25, -0.2) is 0 Å². The third kappa shape index (κ3) is 2.36. The molecule has 0 radical (unpaired) electrons. The topological polar surface area (TPSA) is 12.5 Å². The van der Waals surface area contributed by atoms with E-state index in [9.17, 15) is 0 Å². The van der Waals surface area contributed by atoms with Gasteiger partial charge < -0.3 is 9.64 Å². The fourth-order valence-electron chi connectivity index (χ4n) is 3.97. The molecule has 0 aromatic heterocycles. The van der Waals surface area contributed by atoms with Crippen LogP contribution in [0.4, 0.5) is 0 Å². The highest BCUT2D eigenvalue weighted by molar-refractivity contribution is 5.46. The zero-order valence-corrected chi connectivity index (χ0v) is 13.2. The highest BCUT2D eigenvalue weighted by atomic mass is 16.5. The number of allylic oxidation sites excluding steroid dienone is 4. The van der Waals surface area contributed by atoms with E-state index in [1.165, 1.54) is 11.1 Å².